The molecule has 2 aromatic carbocycles. The van der Waals surface area contributed by atoms with Gasteiger partial charge in [0.2, 0.25) is 5.78 Å². The molecule has 2 aromatic rings. The lowest BCUT2D eigenvalue weighted by Gasteiger charge is -2.13. The van der Waals surface area contributed by atoms with Gasteiger partial charge in [-0.3, -0.25) is 14.9 Å². The van der Waals surface area contributed by atoms with Crippen molar-refractivity contribution in [3.63, 3.8) is 0 Å². The SMILES string of the molecule is C=C(Nc1ccc(C(=C)C)cc1)S/C(C(=O)c1ccccc1[N+](=O)[O-])=C(\C)N. The van der Waals surface area contributed by atoms with Gasteiger partial charge in [0.15, 0.2) is 0 Å². The fourth-order valence-corrected chi connectivity index (χ4v) is 3.18. The Hall–Kier alpha value is -3.32. The van der Waals surface area contributed by atoms with Crippen LogP contribution in [0.5, 0.6) is 0 Å². The molecule has 28 heavy (non-hydrogen) atoms. The Labute approximate surface area is 168 Å². The number of carbonyl (C=O) groups excluding carboxylic acids is 1. The van der Waals surface area contributed by atoms with E-state index < -0.39 is 10.7 Å². The average Bonchev–Trinajstić information content (AvgIpc) is 2.65. The normalized spacial score (nSPS) is 11.4. The van der Waals surface area contributed by atoms with Crippen LogP contribution in [0, 0.1) is 10.1 Å². The van der Waals surface area contributed by atoms with Crippen molar-refractivity contribution in [2.45, 2.75) is 13.8 Å². The number of nitrogens with two attached hydrogens (primary N) is 1. The van der Waals surface area contributed by atoms with Gasteiger partial charge < -0.3 is 11.1 Å². The van der Waals surface area contributed by atoms with E-state index in [1.807, 2.05) is 31.2 Å². The van der Waals surface area contributed by atoms with Gasteiger partial charge in [0.25, 0.3) is 5.69 Å². The maximum atomic E-state index is 12.9. The van der Waals surface area contributed by atoms with E-state index in [0.717, 1.165) is 28.6 Å². The van der Waals surface area contributed by atoms with Gasteiger partial charge in [0, 0.05) is 17.5 Å². The molecule has 0 bridgehead atoms. The third kappa shape index (κ3) is 5.11. The van der Waals surface area contributed by atoms with E-state index in [1.54, 1.807) is 13.0 Å². The Bertz CT molecular complexity index is 975. The number of Topliss-reactive ketones (excluding diaryl/α,β-unsaturated/α-hetero) is 1. The quantitative estimate of drug-likeness (QED) is 0.272. The molecule has 0 atom stereocenters. The summed E-state index contributed by atoms with van der Waals surface area (Å²) in [6, 6.07) is 13.4. The molecule has 0 radical (unpaired) electrons. The summed E-state index contributed by atoms with van der Waals surface area (Å²) in [7, 11) is 0. The van der Waals surface area contributed by atoms with Gasteiger partial charge in [0.05, 0.1) is 14.9 Å². The zero-order valence-corrected chi connectivity index (χ0v) is 16.5. The Morgan fingerprint density at radius 1 is 1.11 bits per heavy atom. The highest BCUT2D eigenvalue weighted by molar-refractivity contribution is 8.07. The van der Waals surface area contributed by atoms with Gasteiger partial charge in [-0.05, 0) is 37.6 Å². The second-order valence-electron chi connectivity index (χ2n) is 6.12. The molecule has 0 spiro atoms. The van der Waals surface area contributed by atoms with Crippen molar-refractivity contribution in [2.24, 2.45) is 5.73 Å². The van der Waals surface area contributed by atoms with Crippen LogP contribution in [0.4, 0.5) is 11.4 Å². The van der Waals surface area contributed by atoms with Crippen molar-refractivity contribution in [1.82, 2.24) is 0 Å². The number of ketones is 1. The standard InChI is InChI=1S/C21H21N3O3S/c1-13(2)16-9-11-17(12-10-16)23-15(4)28-21(14(3)22)20(25)18-7-5-6-8-19(18)24(26)27/h5-12,23H,1,4,22H2,2-3H3/b21-14+. The number of hydrogen-bond donors (Lipinski definition) is 2. The van der Waals surface area contributed by atoms with Crippen molar-refractivity contribution in [3.05, 3.63) is 98.6 Å². The highest BCUT2D eigenvalue weighted by Crippen LogP contribution is 2.32. The molecule has 6 nitrogen and oxygen atoms in total. The molecule has 0 amide bonds. The molecular weight excluding hydrogens is 374 g/mol. The van der Waals surface area contributed by atoms with Crippen molar-refractivity contribution >= 4 is 34.5 Å². The fourth-order valence-electron chi connectivity index (χ4n) is 2.40. The van der Waals surface area contributed by atoms with Crippen LogP contribution in [0.2, 0.25) is 0 Å². The van der Waals surface area contributed by atoms with E-state index >= 15 is 0 Å². The van der Waals surface area contributed by atoms with Crippen LogP contribution < -0.4 is 11.1 Å². The van der Waals surface area contributed by atoms with Crippen LogP contribution in [0.1, 0.15) is 29.8 Å². The molecule has 0 saturated carbocycles. The van der Waals surface area contributed by atoms with Crippen molar-refractivity contribution < 1.29 is 9.72 Å². The molecule has 0 aliphatic carbocycles. The van der Waals surface area contributed by atoms with Crippen LogP contribution in [-0.2, 0) is 0 Å². The van der Waals surface area contributed by atoms with Crippen molar-refractivity contribution in [3.8, 4) is 0 Å². The van der Waals surface area contributed by atoms with Crippen LogP contribution in [0.15, 0.2) is 77.3 Å². The highest BCUT2D eigenvalue weighted by atomic mass is 32.2. The van der Waals surface area contributed by atoms with Gasteiger partial charge in [-0.25, -0.2) is 0 Å². The summed E-state index contributed by atoms with van der Waals surface area (Å²) >= 11 is 1.04. The third-order valence-corrected chi connectivity index (χ3v) is 4.86. The number of carbonyl (C=O) groups is 1. The predicted molar refractivity (Wildman–Crippen MR) is 116 cm³/mol. The maximum absolute atomic E-state index is 12.9. The lowest BCUT2D eigenvalue weighted by atomic mass is 10.1. The van der Waals surface area contributed by atoms with Gasteiger partial charge >= 0.3 is 0 Å². The summed E-state index contributed by atoms with van der Waals surface area (Å²) < 4.78 is 0. The molecule has 0 aliphatic heterocycles. The lowest BCUT2D eigenvalue weighted by Crippen LogP contribution is -2.11. The summed E-state index contributed by atoms with van der Waals surface area (Å²) in [5.41, 5.74) is 8.63. The molecule has 0 fully saturated rings. The number of allylic oxidation sites excluding steroid dienone is 3. The number of nitrogens with one attached hydrogen (secondary N) is 1. The van der Waals surface area contributed by atoms with E-state index in [-0.39, 0.29) is 21.9 Å². The Kier molecular flexibility index (Phi) is 6.79. The summed E-state index contributed by atoms with van der Waals surface area (Å²) in [6.45, 7) is 11.3. The molecule has 2 rings (SSSR count). The fraction of sp³-hybridized carbons (Fsp3) is 0.0952. The van der Waals surface area contributed by atoms with Crippen molar-refractivity contribution in [2.75, 3.05) is 5.32 Å². The number of hydrogen-bond acceptors (Lipinski definition) is 6. The van der Waals surface area contributed by atoms with Crippen LogP contribution >= 0.6 is 11.8 Å². The number of nitro benzene ring substituents is 1. The summed E-state index contributed by atoms with van der Waals surface area (Å²) in [4.78, 5) is 23.7. The predicted octanol–water partition coefficient (Wildman–Crippen LogP) is 5.32. The van der Waals surface area contributed by atoms with Gasteiger partial charge in [-0.1, -0.05) is 54.8 Å². The third-order valence-electron chi connectivity index (χ3n) is 3.80. The Morgan fingerprint density at radius 3 is 2.25 bits per heavy atom. The molecule has 7 heteroatoms. The summed E-state index contributed by atoms with van der Waals surface area (Å²) in [5.74, 6) is -0.516. The van der Waals surface area contributed by atoms with E-state index in [4.69, 9.17) is 5.73 Å². The van der Waals surface area contributed by atoms with Gasteiger partial charge in [-0.15, -0.1) is 0 Å². The first-order valence-electron chi connectivity index (χ1n) is 8.35. The number of rotatable bonds is 8. The van der Waals surface area contributed by atoms with Crippen LogP contribution in [0.25, 0.3) is 5.57 Å². The second-order valence-corrected chi connectivity index (χ2v) is 7.23. The van der Waals surface area contributed by atoms with Gasteiger partial charge in [-0.2, -0.15) is 0 Å². The van der Waals surface area contributed by atoms with Crippen LogP contribution in [-0.4, -0.2) is 10.7 Å². The number of nitro groups is 1. The summed E-state index contributed by atoms with van der Waals surface area (Å²) in [5, 5.41) is 14.8. The molecule has 0 heterocycles. The van der Waals surface area contributed by atoms with Crippen molar-refractivity contribution in [1.29, 1.82) is 0 Å². The largest absolute Gasteiger partial charge is 0.401 e. The number of anilines is 1. The average molecular weight is 395 g/mol. The highest BCUT2D eigenvalue weighted by Gasteiger charge is 2.24. The van der Waals surface area contributed by atoms with E-state index in [1.165, 1.54) is 18.2 Å². The number of para-hydroxylation sites is 1. The Balaban J connectivity index is 2.20. The smallest absolute Gasteiger partial charge is 0.280 e. The summed E-state index contributed by atoms with van der Waals surface area (Å²) in [6.07, 6.45) is 0. The monoisotopic (exact) mass is 395 g/mol. The number of benzene rings is 2. The van der Waals surface area contributed by atoms with E-state index in [2.05, 4.69) is 18.5 Å². The number of nitrogens with zero attached hydrogens (tertiary/aromatic N) is 1. The van der Waals surface area contributed by atoms with Gasteiger partial charge in [0.1, 0.15) is 5.56 Å². The topological polar surface area (TPSA) is 98.3 Å². The zero-order valence-electron chi connectivity index (χ0n) is 15.7. The molecule has 3 N–H and O–H groups in total. The minimum Gasteiger partial charge on any atom is -0.401 e. The molecular formula is C21H21N3O3S. The minimum absolute atomic E-state index is 0.0154. The molecule has 144 valence electrons. The first-order valence-corrected chi connectivity index (χ1v) is 9.16. The van der Waals surface area contributed by atoms with E-state index in [9.17, 15) is 14.9 Å². The maximum Gasteiger partial charge on any atom is 0.280 e. The molecule has 0 unspecified atom stereocenters. The minimum atomic E-state index is -0.586. The Morgan fingerprint density at radius 2 is 1.71 bits per heavy atom. The molecule has 0 saturated heterocycles. The van der Waals surface area contributed by atoms with E-state index in [0.29, 0.717) is 5.03 Å². The number of thioether (sulfide) groups is 1. The van der Waals surface area contributed by atoms with Crippen LogP contribution in [0.3, 0.4) is 0 Å². The first kappa shape index (κ1) is 21.0. The second kappa shape index (κ2) is 9.05. The zero-order chi connectivity index (χ0) is 20.8. The molecule has 0 aromatic heterocycles. The molecule has 0 aliphatic rings. The lowest BCUT2D eigenvalue weighted by molar-refractivity contribution is -0.385. The first-order chi connectivity index (χ1) is 13.2.